The Morgan fingerprint density at radius 1 is 0.729 bits per heavy atom. The minimum Gasteiger partial charge on any atom is -0.469 e. The first kappa shape index (κ1) is 39.9. The third kappa shape index (κ3) is 9.50. The number of rotatable bonds is 22. The molecular formula is C37H66O11. The number of hydrogen-bond acceptors (Lipinski definition) is 11. The van der Waals surface area contributed by atoms with Crippen LogP contribution in [0.4, 0.5) is 0 Å². The van der Waals surface area contributed by atoms with Crippen LogP contribution in [0.2, 0.25) is 0 Å². The number of carbonyl (C=O) groups excluding carboxylic acids is 1. The van der Waals surface area contributed by atoms with Crippen LogP contribution in [0, 0.1) is 46.3 Å². The second-order valence-electron chi connectivity index (χ2n) is 15.1. The number of ether oxygens (including phenoxy) is 10. The van der Waals surface area contributed by atoms with Crippen molar-refractivity contribution in [2.45, 2.75) is 96.9 Å². The highest BCUT2D eigenvalue weighted by molar-refractivity contribution is 5.69. The standard InChI is InChI=1S/C37H66O11/c1-26(8-11-34(38)42-7)29-9-10-30-35-31(22-33(37(29,30)3)48-25-45-19-16-41-6)36(2)13-12-28(46-23-43-17-14-39-4)20-27(36)21-32(35)47-24-44-18-15-40-5/h26-33,35H,8-25H2,1-7H3/t26-,27+,28-,29-,30+,31+,32-,33+,35+,36+,37-/m1/s1. The van der Waals surface area contributed by atoms with Gasteiger partial charge >= 0.3 is 5.97 Å². The van der Waals surface area contributed by atoms with E-state index >= 15 is 0 Å². The van der Waals surface area contributed by atoms with Gasteiger partial charge in [-0.05, 0) is 92.3 Å². The zero-order valence-corrected chi connectivity index (χ0v) is 30.9. The molecule has 0 aromatic carbocycles. The van der Waals surface area contributed by atoms with Crippen molar-refractivity contribution in [3.8, 4) is 0 Å². The first-order valence-electron chi connectivity index (χ1n) is 18.4. The van der Waals surface area contributed by atoms with Crippen LogP contribution in [0.3, 0.4) is 0 Å². The summed E-state index contributed by atoms with van der Waals surface area (Å²) < 4.78 is 57.9. The van der Waals surface area contributed by atoms with Crippen LogP contribution in [0.15, 0.2) is 0 Å². The molecule has 0 N–H and O–H groups in total. The van der Waals surface area contributed by atoms with Crippen molar-refractivity contribution in [2.75, 3.05) is 88.5 Å². The van der Waals surface area contributed by atoms with Crippen LogP contribution in [0.5, 0.6) is 0 Å². The molecule has 0 heterocycles. The van der Waals surface area contributed by atoms with E-state index in [2.05, 4.69) is 20.8 Å². The lowest BCUT2D eigenvalue weighted by Gasteiger charge is -2.64. The summed E-state index contributed by atoms with van der Waals surface area (Å²) in [5.74, 6) is 2.35. The van der Waals surface area contributed by atoms with Gasteiger partial charge in [0.1, 0.15) is 20.4 Å². The highest BCUT2D eigenvalue weighted by Gasteiger charge is 2.66. The van der Waals surface area contributed by atoms with E-state index in [1.165, 1.54) is 7.11 Å². The molecule has 0 saturated heterocycles. The Bertz CT molecular complexity index is 937. The van der Waals surface area contributed by atoms with E-state index in [0.717, 1.165) is 51.4 Å². The van der Waals surface area contributed by atoms with Crippen molar-refractivity contribution >= 4 is 5.97 Å². The normalized spacial score (nSPS) is 36.6. The monoisotopic (exact) mass is 686 g/mol. The molecule has 0 radical (unpaired) electrons. The first-order chi connectivity index (χ1) is 23.2. The average Bonchev–Trinajstić information content (AvgIpc) is 3.45. The molecular weight excluding hydrogens is 620 g/mol. The van der Waals surface area contributed by atoms with Gasteiger partial charge in [0.25, 0.3) is 0 Å². The summed E-state index contributed by atoms with van der Waals surface area (Å²) in [5.41, 5.74) is 0.0650. The molecule has 0 aromatic heterocycles. The molecule has 0 amide bonds. The Kier molecular flexibility index (Phi) is 16.3. The Balaban J connectivity index is 1.58. The lowest BCUT2D eigenvalue weighted by atomic mass is 9.43. The molecule has 4 saturated carbocycles. The molecule has 11 heteroatoms. The molecule has 48 heavy (non-hydrogen) atoms. The largest absolute Gasteiger partial charge is 0.469 e. The molecule has 4 aliphatic carbocycles. The van der Waals surface area contributed by atoms with Gasteiger partial charge in [-0.15, -0.1) is 0 Å². The molecule has 11 atom stereocenters. The third-order valence-corrected chi connectivity index (χ3v) is 12.9. The van der Waals surface area contributed by atoms with E-state index in [9.17, 15) is 4.79 Å². The Morgan fingerprint density at radius 2 is 1.35 bits per heavy atom. The number of hydrogen-bond donors (Lipinski definition) is 0. The molecule has 280 valence electrons. The van der Waals surface area contributed by atoms with E-state index in [1.54, 1.807) is 21.3 Å². The summed E-state index contributed by atoms with van der Waals surface area (Å²) in [5, 5.41) is 0. The van der Waals surface area contributed by atoms with E-state index in [-0.39, 0.29) is 48.7 Å². The van der Waals surface area contributed by atoms with E-state index in [0.29, 0.717) is 88.4 Å². The van der Waals surface area contributed by atoms with Crippen molar-refractivity contribution in [1.29, 1.82) is 0 Å². The summed E-state index contributed by atoms with van der Waals surface area (Å²) in [6, 6.07) is 0. The fourth-order valence-electron chi connectivity index (χ4n) is 10.3. The lowest BCUT2D eigenvalue weighted by molar-refractivity contribution is -0.253. The third-order valence-electron chi connectivity index (χ3n) is 12.9. The van der Waals surface area contributed by atoms with Crippen LogP contribution < -0.4 is 0 Å². The van der Waals surface area contributed by atoms with Crippen LogP contribution in [0.1, 0.15) is 78.6 Å². The number of esters is 1. The predicted octanol–water partition coefficient (Wildman–Crippen LogP) is 5.47. The van der Waals surface area contributed by atoms with Gasteiger partial charge in [0.2, 0.25) is 0 Å². The molecule has 4 fully saturated rings. The molecule has 0 unspecified atom stereocenters. The number of methoxy groups -OCH3 is 4. The SMILES string of the molecule is COCCOCO[C@@H]1CC[C@@]2(C)[C@@H](C1)C[C@@H](OCOCCOC)[C@@H]1[C@@H]2C[C@H](OCOCCOC)[C@]2(C)[C@@H]([C@H](C)CCC(=O)OC)CC[C@@H]12. The fraction of sp³-hybridized carbons (Fsp3) is 0.973. The van der Waals surface area contributed by atoms with Crippen LogP contribution >= 0.6 is 0 Å². The van der Waals surface area contributed by atoms with Gasteiger partial charge in [0, 0.05) is 33.2 Å². The molecule has 0 spiro atoms. The average molecular weight is 687 g/mol. The van der Waals surface area contributed by atoms with Crippen molar-refractivity contribution in [3.05, 3.63) is 0 Å². The molecule has 0 bridgehead atoms. The van der Waals surface area contributed by atoms with Gasteiger partial charge in [-0.3, -0.25) is 4.79 Å². The number of fused-ring (bicyclic) bond motifs is 5. The van der Waals surface area contributed by atoms with Crippen molar-refractivity contribution in [1.82, 2.24) is 0 Å². The summed E-state index contributed by atoms with van der Waals surface area (Å²) in [6.07, 6.45) is 8.89. The number of carbonyl (C=O) groups is 1. The lowest BCUT2D eigenvalue weighted by Crippen LogP contribution is -2.63. The summed E-state index contributed by atoms with van der Waals surface area (Å²) >= 11 is 0. The molecule has 0 aliphatic heterocycles. The maximum absolute atomic E-state index is 12.1. The van der Waals surface area contributed by atoms with Crippen molar-refractivity contribution in [3.63, 3.8) is 0 Å². The molecule has 4 rings (SSSR count). The highest BCUT2D eigenvalue weighted by Crippen LogP contribution is 2.69. The van der Waals surface area contributed by atoms with E-state index in [1.807, 2.05) is 0 Å². The van der Waals surface area contributed by atoms with E-state index < -0.39 is 0 Å². The molecule has 11 nitrogen and oxygen atoms in total. The van der Waals surface area contributed by atoms with Crippen LogP contribution in [-0.2, 0) is 52.2 Å². The zero-order chi connectivity index (χ0) is 34.6. The summed E-state index contributed by atoms with van der Waals surface area (Å²) in [7, 11) is 6.53. The molecule has 0 aromatic rings. The van der Waals surface area contributed by atoms with Crippen LogP contribution in [-0.4, -0.2) is 113 Å². The maximum Gasteiger partial charge on any atom is 0.305 e. The van der Waals surface area contributed by atoms with E-state index in [4.69, 9.17) is 47.4 Å². The van der Waals surface area contributed by atoms with Gasteiger partial charge in [-0.1, -0.05) is 20.8 Å². The van der Waals surface area contributed by atoms with Crippen LogP contribution in [0.25, 0.3) is 0 Å². The quantitative estimate of drug-likeness (QED) is 0.0822. The zero-order valence-electron chi connectivity index (χ0n) is 30.9. The Labute approximate surface area is 289 Å². The maximum atomic E-state index is 12.1. The first-order valence-corrected chi connectivity index (χ1v) is 18.4. The minimum absolute atomic E-state index is 0.0386. The highest BCUT2D eigenvalue weighted by atomic mass is 16.7. The van der Waals surface area contributed by atoms with Gasteiger partial charge in [0.05, 0.1) is 65.1 Å². The fourth-order valence-corrected chi connectivity index (χ4v) is 10.3. The molecule has 4 aliphatic rings. The van der Waals surface area contributed by atoms with Gasteiger partial charge < -0.3 is 47.4 Å². The predicted molar refractivity (Wildman–Crippen MR) is 179 cm³/mol. The second-order valence-corrected chi connectivity index (χ2v) is 15.1. The summed E-state index contributed by atoms with van der Waals surface area (Å²) in [4.78, 5) is 12.1. The smallest absolute Gasteiger partial charge is 0.305 e. The second kappa shape index (κ2) is 19.6. The Morgan fingerprint density at radius 3 is 1.98 bits per heavy atom. The Hall–Kier alpha value is -0.890. The van der Waals surface area contributed by atoms with Gasteiger partial charge in [-0.2, -0.15) is 0 Å². The topological polar surface area (TPSA) is 109 Å². The minimum atomic E-state index is -0.140. The van der Waals surface area contributed by atoms with Crippen molar-refractivity contribution in [2.24, 2.45) is 46.3 Å². The van der Waals surface area contributed by atoms with Gasteiger partial charge in [-0.25, -0.2) is 0 Å². The van der Waals surface area contributed by atoms with Crippen molar-refractivity contribution < 1.29 is 52.2 Å². The summed E-state index contributed by atoms with van der Waals surface area (Å²) in [6.45, 7) is 11.3. The van der Waals surface area contributed by atoms with Gasteiger partial charge in [0.15, 0.2) is 0 Å².